The van der Waals surface area contributed by atoms with Gasteiger partial charge in [0, 0.05) is 16.6 Å². The van der Waals surface area contributed by atoms with Gasteiger partial charge in [-0.3, -0.25) is 0 Å². The highest BCUT2D eigenvalue weighted by molar-refractivity contribution is 9.09. The van der Waals surface area contributed by atoms with E-state index in [4.69, 9.17) is 0 Å². The van der Waals surface area contributed by atoms with Gasteiger partial charge in [0.15, 0.2) is 0 Å². The Morgan fingerprint density at radius 3 is 2.53 bits per heavy atom. The molecule has 3 heteroatoms. The second kappa shape index (κ2) is 4.17. The van der Waals surface area contributed by atoms with E-state index in [1.807, 2.05) is 11.3 Å². The van der Waals surface area contributed by atoms with Gasteiger partial charge in [-0.15, -0.1) is 11.3 Å². The molecule has 0 aliphatic heterocycles. The second-order valence-electron chi connectivity index (χ2n) is 4.99. The molecule has 1 aromatic rings. The smallest absolute Gasteiger partial charge is 0.0936 e. The van der Waals surface area contributed by atoms with E-state index in [2.05, 4.69) is 41.7 Å². The lowest BCUT2D eigenvalue weighted by atomic mass is 9.84. The van der Waals surface area contributed by atoms with E-state index >= 15 is 0 Å². The Kier molecular flexibility index (Phi) is 3.22. The maximum atomic E-state index is 4.65. The van der Waals surface area contributed by atoms with Crippen molar-refractivity contribution >= 4 is 27.3 Å². The molecule has 1 saturated carbocycles. The highest BCUT2D eigenvalue weighted by Gasteiger charge is 2.41. The Balaban J connectivity index is 2.12. The van der Waals surface area contributed by atoms with Crippen molar-refractivity contribution in [2.45, 2.75) is 40.0 Å². The molecule has 1 atom stereocenters. The van der Waals surface area contributed by atoms with Gasteiger partial charge in [-0.05, 0) is 38.0 Å². The van der Waals surface area contributed by atoms with Crippen LogP contribution in [0.5, 0.6) is 0 Å². The zero-order chi connectivity index (χ0) is 11.1. The zero-order valence-corrected chi connectivity index (χ0v) is 12.0. The molecule has 2 rings (SSSR count). The summed E-state index contributed by atoms with van der Waals surface area (Å²) in [5.74, 6) is 0.918. The van der Waals surface area contributed by atoms with Gasteiger partial charge < -0.3 is 0 Å². The average Bonchev–Trinajstić information content (AvgIpc) is 2.96. The largest absolute Gasteiger partial charge is 0.246 e. The average molecular weight is 288 g/mol. The maximum absolute atomic E-state index is 4.65. The van der Waals surface area contributed by atoms with E-state index in [1.54, 1.807) is 0 Å². The number of rotatable bonds is 4. The number of thiazole rings is 1. The summed E-state index contributed by atoms with van der Waals surface area (Å²) in [6.45, 7) is 6.67. The summed E-state index contributed by atoms with van der Waals surface area (Å²) in [5, 5.41) is 2.42. The molecule has 0 aromatic carbocycles. The fourth-order valence-electron chi connectivity index (χ4n) is 2.04. The third kappa shape index (κ3) is 2.44. The summed E-state index contributed by atoms with van der Waals surface area (Å²) < 4.78 is 0. The minimum absolute atomic E-state index is 0.427. The molecule has 1 aliphatic rings. The van der Waals surface area contributed by atoms with Crippen molar-refractivity contribution in [1.29, 1.82) is 0 Å². The Hall–Kier alpha value is 0.110. The van der Waals surface area contributed by atoms with Crippen LogP contribution in [0, 0.1) is 25.2 Å². The van der Waals surface area contributed by atoms with Crippen LogP contribution < -0.4 is 0 Å². The van der Waals surface area contributed by atoms with E-state index in [0.717, 1.165) is 17.7 Å². The summed E-state index contributed by atoms with van der Waals surface area (Å²) in [6, 6.07) is 0. The second-order valence-corrected chi connectivity index (χ2v) is 6.84. The van der Waals surface area contributed by atoms with Gasteiger partial charge in [0.2, 0.25) is 0 Å². The van der Waals surface area contributed by atoms with Gasteiger partial charge in [0.1, 0.15) is 0 Å². The van der Waals surface area contributed by atoms with Crippen molar-refractivity contribution in [3.8, 4) is 0 Å². The van der Waals surface area contributed by atoms with Crippen molar-refractivity contribution in [2.24, 2.45) is 11.3 Å². The zero-order valence-electron chi connectivity index (χ0n) is 9.64. The molecule has 1 aromatic heterocycles. The highest BCUT2D eigenvalue weighted by Crippen LogP contribution is 2.48. The molecule has 84 valence electrons. The van der Waals surface area contributed by atoms with Crippen molar-refractivity contribution in [3.63, 3.8) is 0 Å². The number of aryl methyl sites for hydroxylation is 2. The molecule has 15 heavy (non-hydrogen) atoms. The van der Waals surface area contributed by atoms with E-state index in [1.165, 1.54) is 28.4 Å². The minimum Gasteiger partial charge on any atom is -0.246 e. The molecule has 0 spiro atoms. The lowest BCUT2D eigenvalue weighted by Crippen LogP contribution is -2.24. The molecular formula is C12H18BrNS. The van der Waals surface area contributed by atoms with E-state index in [0.29, 0.717) is 5.41 Å². The van der Waals surface area contributed by atoms with Crippen LogP contribution in [-0.4, -0.2) is 10.3 Å². The third-order valence-electron chi connectivity index (χ3n) is 3.50. The fraction of sp³-hybridized carbons (Fsp3) is 0.750. The first-order chi connectivity index (χ1) is 7.05. The molecule has 0 N–H and O–H groups in total. The molecule has 0 amide bonds. The van der Waals surface area contributed by atoms with Crippen LogP contribution in [0.3, 0.4) is 0 Å². The van der Waals surface area contributed by atoms with Crippen LogP contribution in [0.25, 0.3) is 0 Å². The Labute approximate surface area is 104 Å². The van der Waals surface area contributed by atoms with Crippen molar-refractivity contribution in [2.75, 3.05) is 5.33 Å². The third-order valence-corrected chi connectivity index (χ3v) is 5.85. The van der Waals surface area contributed by atoms with Gasteiger partial charge in [0.05, 0.1) is 10.7 Å². The number of alkyl halides is 1. The summed E-state index contributed by atoms with van der Waals surface area (Å²) in [4.78, 5) is 6.02. The van der Waals surface area contributed by atoms with Gasteiger partial charge in [-0.1, -0.05) is 22.9 Å². The highest BCUT2D eigenvalue weighted by atomic mass is 79.9. The SMILES string of the molecule is Cc1nc(CC(C)(CBr)C2CC2)sc1C. The van der Waals surface area contributed by atoms with Crippen LogP contribution in [0.2, 0.25) is 0 Å². The molecule has 0 saturated heterocycles. The fourth-order valence-corrected chi connectivity index (χ4v) is 3.83. The van der Waals surface area contributed by atoms with Crippen LogP contribution in [0.15, 0.2) is 0 Å². The van der Waals surface area contributed by atoms with Crippen molar-refractivity contribution < 1.29 is 0 Å². The summed E-state index contributed by atoms with van der Waals surface area (Å²) >= 11 is 5.54. The molecule has 1 unspecified atom stereocenters. The van der Waals surface area contributed by atoms with Crippen molar-refractivity contribution in [1.82, 2.24) is 4.98 Å². The molecule has 1 aliphatic carbocycles. The molecule has 1 heterocycles. The molecule has 1 fully saturated rings. The van der Waals surface area contributed by atoms with Crippen LogP contribution in [0.1, 0.15) is 35.3 Å². The predicted molar refractivity (Wildman–Crippen MR) is 69.9 cm³/mol. The Morgan fingerprint density at radius 1 is 1.47 bits per heavy atom. The molecule has 0 radical (unpaired) electrons. The summed E-state index contributed by atoms with van der Waals surface area (Å²) in [7, 11) is 0. The normalized spacial score (nSPS) is 20.3. The number of hydrogen-bond acceptors (Lipinski definition) is 2. The van der Waals surface area contributed by atoms with Crippen LogP contribution >= 0.6 is 27.3 Å². The quantitative estimate of drug-likeness (QED) is 0.760. The Morgan fingerprint density at radius 2 is 2.13 bits per heavy atom. The summed E-state index contributed by atoms with van der Waals surface area (Å²) in [5.41, 5.74) is 1.64. The lowest BCUT2D eigenvalue weighted by molar-refractivity contribution is 0.318. The van der Waals surface area contributed by atoms with Gasteiger partial charge in [-0.25, -0.2) is 4.98 Å². The van der Waals surface area contributed by atoms with Gasteiger partial charge >= 0.3 is 0 Å². The number of aromatic nitrogens is 1. The van der Waals surface area contributed by atoms with E-state index < -0.39 is 0 Å². The lowest BCUT2D eigenvalue weighted by Gasteiger charge is -2.26. The predicted octanol–water partition coefficient (Wildman–Crippen LogP) is 4.11. The van der Waals surface area contributed by atoms with Crippen LogP contribution in [0.4, 0.5) is 0 Å². The number of halogens is 1. The van der Waals surface area contributed by atoms with Gasteiger partial charge in [-0.2, -0.15) is 0 Å². The summed E-state index contributed by atoms with van der Waals surface area (Å²) in [6.07, 6.45) is 3.96. The monoisotopic (exact) mass is 287 g/mol. The topological polar surface area (TPSA) is 12.9 Å². The standard InChI is InChI=1S/C12H18BrNS/c1-8-9(2)15-11(14-8)6-12(3,7-13)10-4-5-10/h10H,4-7H2,1-3H3. The molecule has 1 nitrogen and oxygen atoms in total. The molecular weight excluding hydrogens is 270 g/mol. The van der Waals surface area contributed by atoms with Crippen molar-refractivity contribution in [3.05, 3.63) is 15.6 Å². The maximum Gasteiger partial charge on any atom is 0.0936 e. The van der Waals surface area contributed by atoms with E-state index in [-0.39, 0.29) is 0 Å². The van der Waals surface area contributed by atoms with E-state index in [9.17, 15) is 0 Å². The van der Waals surface area contributed by atoms with Gasteiger partial charge in [0.25, 0.3) is 0 Å². The first-order valence-corrected chi connectivity index (χ1v) is 7.48. The number of nitrogens with zero attached hydrogens (tertiary/aromatic N) is 1. The molecule has 0 bridgehead atoms. The first kappa shape index (κ1) is 11.6. The first-order valence-electron chi connectivity index (χ1n) is 5.54. The Bertz CT molecular complexity index is 337. The number of hydrogen-bond donors (Lipinski definition) is 0. The van der Waals surface area contributed by atoms with Crippen LogP contribution in [-0.2, 0) is 6.42 Å². The minimum atomic E-state index is 0.427.